The van der Waals surface area contributed by atoms with Crippen LogP contribution in [0.15, 0.2) is 78.9 Å². The van der Waals surface area contributed by atoms with Crippen molar-refractivity contribution in [1.82, 2.24) is 14.7 Å². The maximum Gasteiger partial charge on any atom is 0.249 e. The van der Waals surface area contributed by atoms with Crippen molar-refractivity contribution in [3.8, 4) is 23.1 Å². The van der Waals surface area contributed by atoms with Gasteiger partial charge in [0.2, 0.25) is 11.8 Å². The van der Waals surface area contributed by atoms with E-state index in [0.717, 1.165) is 28.3 Å². The van der Waals surface area contributed by atoms with Gasteiger partial charge in [-0.2, -0.15) is 5.10 Å². The van der Waals surface area contributed by atoms with E-state index in [1.807, 2.05) is 79.7 Å². The summed E-state index contributed by atoms with van der Waals surface area (Å²) in [5.41, 5.74) is 3.28. The van der Waals surface area contributed by atoms with Crippen LogP contribution in [0.4, 0.5) is 0 Å². The largest absolute Gasteiger partial charge is 0.497 e. The van der Waals surface area contributed by atoms with E-state index in [0.29, 0.717) is 23.2 Å². The second-order valence-electron chi connectivity index (χ2n) is 8.21. The van der Waals surface area contributed by atoms with Gasteiger partial charge in [0.1, 0.15) is 18.1 Å². The van der Waals surface area contributed by atoms with Crippen LogP contribution in [0.3, 0.4) is 0 Å². The molecule has 1 heterocycles. The van der Waals surface area contributed by atoms with Crippen LogP contribution in [0.25, 0.3) is 5.69 Å². The summed E-state index contributed by atoms with van der Waals surface area (Å²) in [6, 6.07) is 24.5. The molecule has 1 amide bonds. The van der Waals surface area contributed by atoms with E-state index in [2.05, 4.69) is 0 Å². The third-order valence-corrected chi connectivity index (χ3v) is 5.88. The molecule has 0 saturated carbocycles. The molecule has 0 aliphatic heterocycles. The van der Waals surface area contributed by atoms with Crippen LogP contribution in [0.2, 0.25) is 5.02 Å². The molecule has 0 fully saturated rings. The number of hydrogen-bond donors (Lipinski definition) is 0. The van der Waals surface area contributed by atoms with Gasteiger partial charge in [-0.15, -0.1) is 0 Å². The molecule has 7 nitrogen and oxygen atoms in total. The number of ether oxygens (including phenoxy) is 3. The Kier molecular flexibility index (Phi) is 8.25. The number of amides is 1. The molecular weight excluding hydrogens is 478 g/mol. The lowest BCUT2D eigenvalue weighted by molar-refractivity contribution is -0.136. The first-order valence-electron chi connectivity index (χ1n) is 11.5. The number of rotatable bonds is 10. The lowest BCUT2D eigenvalue weighted by Gasteiger charge is -2.23. The fraction of sp³-hybridized carbons (Fsp3) is 0.214. The summed E-state index contributed by atoms with van der Waals surface area (Å²) < 4.78 is 18.5. The zero-order valence-electron chi connectivity index (χ0n) is 20.5. The number of aryl methyl sites for hydroxylation is 1. The Morgan fingerprint density at radius 3 is 2.33 bits per heavy atom. The minimum absolute atomic E-state index is 0.0248. The summed E-state index contributed by atoms with van der Waals surface area (Å²) in [5, 5.41) is 5.34. The molecule has 186 valence electrons. The van der Waals surface area contributed by atoms with Crippen molar-refractivity contribution in [2.75, 3.05) is 20.8 Å². The second-order valence-corrected chi connectivity index (χ2v) is 8.64. The van der Waals surface area contributed by atoms with E-state index in [1.165, 1.54) is 7.11 Å². The predicted molar refractivity (Wildman–Crippen MR) is 139 cm³/mol. The van der Waals surface area contributed by atoms with Gasteiger partial charge in [-0.3, -0.25) is 4.79 Å². The van der Waals surface area contributed by atoms with Gasteiger partial charge in [-0.1, -0.05) is 48.0 Å². The minimum Gasteiger partial charge on any atom is -0.497 e. The molecule has 0 spiro atoms. The Labute approximate surface area is 215 Å². The molecule has 4 rings (SSSR count). The van der Waals surface area contributed by atoms with Crippen LogP contribution >= 0.6 is 11.6 Å². The highest BCUT2D eigenvalue weighted by atomic mass is 35.5. The summed E-state index contributed by atoms with van der Waals surface area (Å²) >= 11 is 6.28. The zero-order chi connectivity index (χ0) is 25.5. The molecule has 0 saturated heterocycles. The maximum absolute atomic E-state index is 13.0. The summed E-state index contributed by atoms with van der Waals surface area (Å²) in [5.74, 6) is 1.70. The quantitative estimate of drug-likeness (QED) is 0.272. The van der Waals surface area contributed by atoms with Gasteiger partial charge in [0.25, 0.3) is 0 Å². The van der Waals surface area contributed by atoms with Crippen LogP contribution in [-0.4, -0.2) is 41.4 Å². The molecule has 0 aliphatic rings. The molecule has 0 unspecified atom stereocenters. The van der Waals surface area contributed by atoms with Crippen molar-refractivity contribution in [2.45, 2.75) is 20.0 Å². The summed E-state index contributed by atoms with van der Waals surface area (Å²) in [6.45, 7) is 2.59. The average molecular weight is 506 g/mol. The number of aromatic nitrogens is 2. The van der Waals surface area contributed by atoms with Crippen molar-refractivity contribution >= 4 is 17.5 Å². The van der Waals surface area contributed by atoms with Crippen molar-refractivity contribution < 1.29 is 19.0 Å². The highest BCUT2D eigenvalue weighted by Crippen LogP contribution is 2.33. The van der Waals surface area contributed by atoms with Gasteiger partial charge in [-0.05, 0) is 55.0 Å². The van der Waals surface area contributed by atoms with Crippen LogP contribution in [0.5, 0.6) is 17.4 Å². The van der Waals surface area contributed by atoms with E-state index >= 15 is 0 Å². The molecule has 0 atom stereocenters. The summed E-state index contributed by atoms with van der Waals surface area (Å²) in [6.07, 6.45) is 0. The van der Waals surface area contributed by atoms with Gasteiger partial charge < -0.3 is 19.1 Å². The molecule has 1 aromatic heterocycles. The highest BCUT2D eigenvalue weighted by molar-refractivity contribution is 6.30. The van der Waals surface area contributed by atoms with Crippen LogP contribution in [0, 0.1) is 6.92 Å². The Balaban J connectivity index is 1.75. The van der Waals surface area contributed by atoms with Gasteiger partial charge >= 0.3 is 0 Å². The SMILES string of the molecule is COCC(=O)N(Cc1ccccc1)Cc1c(C)nn(-c2cccc(Cl)c2)c1Oc1ccc(OC)cc1. The van der Waals surface area contributed by atoms with Crippen molar-refractivity contribution in [3.05, 3.63) is 101 Å². The number of hydrogen-bond acceptors (Lipinski definition) is 5. The highest BCUT2D eigenvalue weighted by Gasteiger charge is 2.24. The minimum atomic E-state index is -0.133. The predicted octanol–water partition coefficient (Wildman–Crippen LogP) is 5.81. The molecule has 3 aromatic carbocycles. The number of carbonyl (C=O) groups excluding carboxylic acids is 1. The van der Waals surface area contributed by atoms with E-state index < -0.39 is 0 Å². The average Bonchev–Trinajstić information content (AvgIpc) is 3.19. The first kappa shape index (κ1) is 25.3. The van der Waals surface area contributed by atoms with Crippen molar-refractivity contribution in [1.29, 1.82) is 0 Å². The smallest absolute Gasteiger partial charge is 0.249 e. The van der Waals surface area contributed by atoms with E-state index in [9.17, 15) is 4.79 Å². The molecule has 36 heavy (non-hydrogen) atoms. The number of benzene rings is 3. The van der Waals surface area contributed by atoms with E-state index in [4.69, 9.17) is 30.9 Å². The Bertz CT molecular complexity index is 1310. The zero-order valence-corrected chi connectivity index (χ0v) is 21.2. The molecule has 0 radical (unpaired) electrons. The monoisotopic (exact) mass is 505 g/mol. The Hall–Kier alpha value is -3.81. The summed E-state index contributed by atoms with van der Waals surface area (Å²) in [4.78, 5) is 14.8. The second kappa shape index (κ2) is 11.7. The number of methoxy groups -OCH3 is 2. The van der Waals surface area contributed by atoms with Gasteiger partial charge in [0.05, 0.1) is 30.6 Å². The number of carbonyl (C=O) groups is 1. The Morgan fingerprint density at radius 1 is 0.944 bits per heavy atom. The number of halogens is 1. The lowest BCUT2D eigenvalue weighted by Crippen LogP contribution is -2.33. The normalized spacial score (nSPS) is 10.8. The first-order chi connectivity index (χ1) is 17.5. The molecule has 4 aromatic rings. The topological polar surface area (TPSA) is 65.8 Å². The van der Waals surface area contributed by atoms with Gasteiger partial charge in [0, 0.05) is 18.7 Å². The standard InChI is InChI=1S/C28H28ClN3O4/c1-20-26(18-31(27(33)19-34-2)17-21-8-5-4-6-9-21)28(36-25-14-12-24(35-3)13-15-25)32(30-20)23-11-7-10-22(29)16-23/h4-16H,17-19H2,1-3H3. The molecule has 0 aliphatic carbocycles. The van der Waals surface area contributed by atoms with Crippen LogP contribution in [0.1, 0.15) is 16.8 Å². The van der Waals surface area contributed by atoms with Crippen molar-refractivity contribution in [3.63, 3.8) is 0 Å². The van der Waals surface area contributed by atoms with Gasteiger partial charge in [0.15, 0.2) is 0 Å². The first-order valence-corrected chi connectivity index (χ1v) is 11.8. The third-order valence-electron chi connectivity index (χ3n) is 5.65. The van der Waals surface area contributed by atoms with E-state index in [1.54, 1.807) is 22.8 Å². The van der Waals surface area contributed by atoms with Crippen molar-refractivity contribution in [2.24, 2.45) is 0 Å². The van der Waals surface area contributed by atoms with Gasteiger partial charge in [-0.25, -0.2) is 4.68 Å². The molecule has 0 bridgehead atoms. The Morgan fingerprint density at radius 2 is 1.67 bits per heavy atom. The summed E-state index contributed by atoms with van der Waals surface area (Å²) in [7, 11) is 3.13. The molecular formula is C28H28ClN3O4. The fourth-order valence-corrected chi connectivity index (χ4v) is 3.99. The van der Waals surface area contributed by atoms with Crippen LogP contribution < -0.4 is 9.47 Å². The van der Waals surface area contributed by atoms with E-state index in [-0.39, 0.29) is 19.1 Å². The molecule has 8 heteroatoms. The fourth-order valence-electron chi connectivity index (χ4n) is 3.81. The number of nitrogens with zero attached hydrogens (tertiary/aromatic N) is 3. The lowest BCUT2D eigenvalue weighted by atomic mass is 10.1. The van der Waals surface area contributed by atoms with Crippen LogP contribution in [-0.2, 0) is 22.6 Å². The maximum atomic E-state index is 13.0. The molecule has 0 N–H and O–H groups in total. The third kappa shape index (κ3) is 6.05.